The highest BCUT2D eigenvalue weighted by Crippen LogP contribution is 2.48. The van der Waals surface area contributed by atoms with Crippen molar-refractivity contribution in [3.63, 3.8) is 0 Å². The van der Waals surface area contributed by atoms with Gasteiger partial charge in [-0.25, -0.2) is 0 Å². The van der Waals surface area contributed by atoms with Crippen molar-refractivity contribution in [2.24, 2.45) is 30.5 Å². The lowest BCUT2D eigenvalue weighted by atomic mass is 9.81. The van der Waals surface area contributed by atoms with Crippen LogP contribution >= 0.6 is 11.6 Å². The van der Waals surface area contributed by atoms with Gasteiger partial charge in [-0.3, -0.25) is 9.48 Å². The number of nitrogens with zero attached hydrogens (tertiary/aromatic N) is 2. The van der Waals surface area contributed by atoms with Crippen molar-refractivity contribution in [2.75, 3.05) is 0 Å². The molecule has 2 fully saturated rings. The van der Waals surface area contributed by atoms with Gasteiger partial charge in [-0.15, -0.1) is 0 Å². The molecule has 2 saturated carbocycles. The molecule has 5 heteroatoms. The van der Waals surface area contributed by atoms with Gasteiger partial charge >= 0.3 is 0 Å². The Morgan fingerprint density at radius 1 is 1.45 bits per heavy atom. The molecule has 4 nitrogen and oxygen atoms in total. The molecular weight excluding hydrogens is 274 g/mol. The van der Waals surface area contributed by atoms with E-state index in [9.17, 15) is 4.79 Å². The number of carbonyl (C=O) groups is 1. The molecular formula is C15H22ClN3O. The molecule has 0 aliphatic heterocycles. The number of aryl methyl sites for hydroxylation is 2. The quantitative estimate of drug-likeness (QED) is 0.925. The molecule has 2 aliphatic rings. The van der Waals surface area contributed by atoms with E-state index in [4.69, 9.17) is 17.3 Å². The van der Waals surface area contributed by atoms with Crippen molar-refractivity contribution in [1.29, 1.82) is 0 Å². The summed E-state index contributed by atoms with van der Waals surface area (Å²) in [6, 6.07) is 0.0545. The van der Waals surface area contributed by atoms with Crippen molar-refractivity contribution in [3.05, 3.63) is 16.4 Å². The van der Waals surface area contributed by atoms with Crippen LogP contribution in [0.2, 0.25) is 5.02 Å². The summed E-state index contributed by atoms with van der Waals surface area (Å²) in [6.07, 6.45) is 4.64. The third-order valence-electron chi connectivity index (χ3n) is 5.20. The van der Waals surface area contributed by atoms with E-state index in [-0.39, 0.29) is 17.7 Å². The summed E-state index contributed by atoms with van der Waals surface area (Å²) in [5, 5.41) is 5.03. The minimum absolute atomic E-state index is 0.0322. The second-order valence-corrected chi connectivity index (χ2v) is 6.64. The van der Waals surface area contributed by atoms with Gasteiger partial charge in [0, 0.05) is 19.0 Å². The van der Waals surface area contributed by atoms with Crippen molar-refractivity contribution in [2.45, 2.75) is 45.1 Å². The number of carbonyl (C=O) groups excluding carboxylic acids is 1. The van der Waals surface area contributed by atoms with Crippen LogP contribution in [0.5, 0.6) is 0 Å². The summed E-state index contributed by atoms with van der Waals surface area (Å²) >= 11 is 6.33. The molecule has 4 unspecified atom stereocenters. The number of hydrogen-bond donors (Lipinski definition) is 1. The van der Waals surface area contributed by atoms with E-state index in [0.29, 0.717) is 23.3 Å². The maximum Gasteiger partial charge on any atom is 0.143 e. The minimum atomic E-state index is 0.0322. The van der Waals surface area contributed by atoms with Crippen LogP contribution in [0.4, 0.5) is 0 Å². The van der Waals surface area contributed by atoms with Gasteiger partial charge in [0.15, 0.2) is 0 Å². The fourth-order valence-corrected chi connectivity index (χ4v) is 4.47. The molecule has 0 aromatic carbocycles. The summed E-state index contributed by atoms with van der Waals surface area (Å²) in [7, 11) is 1.86. The maximum absolute atomic E-state index is 12.6. The zero-order valence-electron chi connectivity index (χ0n) is 12.1. The number of halogens is 1. The molecule has 110 valence electrons. The lowest BCUT2D eigenvalue weighted by Crippen LogP contribution is -2.41. The molecule has 2 aliphatic carbocycles. The van der Waals surface area contributed by atoms with Crippen molar-refractivity contribution in [1.82, 2.24) is 9.78 Å². The van der Waals surface area contributed by atoms with Gasteiger partial charge in [-0.1, -0.05) is 18.5 Å². The molecule has 3 rings (SSSR count). The van der Waals surface area contributed by atoms with E-state index in [1.54, 1.807) is 4.68 Å². The highest BCUT2D eigenvalue weighted by atomic mass is 35.5. The van der Waals surface area contributed by atoms with Crippen molar-refractivity contribution < 1.29 is 4.79 Å². The average molecular weight is 296 g/mol. The fraction of sp³-hybridized carbons (Fsp3) is 0.733. The SMILES string of the molecule is CCc1nn(C)c(CC(=O)C2C3CCC(C3)C2N)c1Cl. The van der Waals surface area contributed by atoms with Crippen molar-refractivity contribution >= 4 is 17.4 Å². The van der Waals surface area contributed by atoms with Gasteiger partial charge in [-0.05, 0) is 37.5 Å². The van der Waals surface area contributed by atoms with Gasteiger partial charge in [0.05, 0.1) is 22.8 Å². The summed E-state index contributed by atoms with van der Waals surface area (Å²) in [4.78, 5) is 12.6. The third-order valence-corrected chi connectivity index (χ3v) is 5.63. The summed E-state index contributed by atoms with van der Waals surface area (Å²) in [6.45, 7) is 2.02. The Hall–Kier alpha value is -0.870. The Kier molecular flexibility index (Phi) is 3.63. The number of Topliss-reactive ketones (excluding diaryl/α,β-unsaturated/α-hetero) is 1. The van der Waals surface area contributed by atoms with E-state index in [0.717, 1.165) is 30.7 Å². The lowest BCUT2D eigenvalue weighted by molar-refractivity contribution is -0.124. The van der Waals surface area contributed by atoms with Gasteiger partial charge in [0.25, 0.3) is 0 Å². The second-order valence-electron chi connectivity index (χ2n) is 6.26. The van der Waals surface area contributed by atoms with E-state index < -0.39 is 0 Å². The van der Waals surface area contributed by atoms with E-state index in [1.807, 2.05) is 14.0 Å². The third kappa shape index (κ3) is 2.09. The summed E-state index contributed by atoms with van der Waals surface area (Å²) in [5.41, 5.74) is 7.96. The first-order chi connectivity index (χ1) is 9.52. The largest absolute Gasteiger partial charge is 0.327 e. The number of nitrogens with two attached hydrogens (primary N) is 1. The van der Waals surface area contributed by atoms with Crippen LogP contribution in [0.25, 0.3) is 0 Å². The Balaban J connectivity index is 1.78. The Labute approximate surface area is 124 Å². The normalized spacial score (nSPS) is 32.0. The molecule has 20 heavy (non-hydrogen) atoms. The van der Waals surface area contributed by atoms with E-state index in [1.165, 1.54) is 6.42 Å². The Bertz CT molecular complexity index is 537. The highest BCUT2D eigenvalue weighted by Gasteiger charge is 2.48. The standard InChI is InChI=1S/C15H22ClN3O/c1-3-10-14(16)11(19(2)18-10)7-12(20)13-8-4-5-9(6-8)15(13)17/h8-9,13,15H,3-7,17H2,1-2H3. The van der Waals surface area contributed by atoms with E-state index in [2.05, 4.69) is 5.10 Å². The second kappa shape index (κ2) is 5.15. The van der Waals surface area contributed by atoms with Crippen LogP contribution in [0.1, 0.15) is 37.6 Å². The molecule has 1 aromatic rings. The van der Waals surface area contributed by atoms with Crippen LogP contribution in [0.15, 0.2) is 0 Å². The molecule has 1 heterocycles. The molecule has 2 N–H and O–H groups in total. The van der Waals surface area contributed by atoms with Crippen LogP contribution < -0.4 is 5.73 Å². The van der Waals surface area contributed by atoms with Crippen LogP contribution in [0.3, 0.4) is 0 Å². The first kappa shape index (κ1) is 14.1. The summed E-state index contributed by atoms with van der Waals surface area (Å²) in [5.74, 6) is 1.34. The minimum Gasteiger partial charge on any atom is -0.327 e. The summed E-state index contributed by atoms with van der Waals surface area (Å²) < 4.78 is 1.75. The van der Waals surface area contributed by atoms with Gasteiger partial charge in [-0.2, -0.15) is 5.10 Å². The smallest absolute Gasteiger partial charge is 0.143 e. The number of fused-ring (bicyclic) bond motifs is 2. The first-order valence-corrected chi connectivity index (χ1v) is 7.89. The van der Waals surface area contributed by atoms with Crippen LogP contribution in [-0.2, 0) is 24.7 Å². The molecule has 4 atom stereocenters. The molecule has 0 amide bonds. The number of rotatable bonds is 4. The molecule has 0 spiro atoms. The highest BCUT2D eigenvalue weighted by molar-refractivity contribution is 6.32. The molecule has 2 bridgehead atoms. The lowest BCUT2D eigenvalue weighted by Gasteiger charge is -2.26. The zero-order chi connectivity index (χ0) is 14.4. The fourth-order valence-electron chi connectivity index (χ4n) is 4.11. The van der Waals surface area contributed by atoms with Crippen LogP contribution in [-0.4, -0.2) is 21.6 Å². The van der Waals surface area contributed by atoms with Crippen molar-refractivity contribution in [3.8, 4) is 0 Å². The van der Waals surface area contributed by atoms with Gasteiger partial charge in [0.1, 0.15) is 5.78 Å². The topological polar surface area (TPSA) is 60.9 Å². The van der Waals surface area contributed by atoms with Gasteiger partial charge in [0.2, 0.25) is 0 Å². The predicted molar refractivity (Wildman–Crippen MR) is 78.6 cm³/mol. The number of ketones is 1. The average Bonchev–Trinajstić information content (AvgIpc) is 3.07. The number of aromatic nitrogens is 2. The molecule has 0 saturated heterocycles. The Morgan fingerprint density at radius 2 is 2.15 bits per heavy atom. The maximum atomic E-state index is 12.6. The Morgan fingerprint density at radius 3 is 2.70 bits per heavy atom. The molecule has 1 aromatic heterocycles. The zero-order valence-corrected chi connectivity index (χ0v) is 12.9. The number of hydrogen-bond acceptors (Lipinski definition) is 3. The van der Waals surface area contributed by atoms with E-state index >= 15 is 0 Å². The molecule has 0 radical (unpaired) electrons. The monoisotopic (exact) mass is 295 g/mol. The van der Waals surface area contributed by atoms with Crippen LogP contribution in [0, 0.1) is 17.8 Å². The predicted octanol–water partition coefficient (Wildman–Crippen LogP) is 2.12. The first-order valence-electron chi connectivity index (χ1n) is 7.51. The van der Waals surface area contributed by atoms with Gasteiger partial charge < -0.3 is 5.73 Å².